The number of carbonyl (C=O) groups is 1. The van der Waals surface area contributed by atoms with Gasteiger partial charge in [0.2, 0.25) is 5.88 Å². The van der Waals surface area contributed by atoms with E-state index in [4.69, 9.17) is 21.1 Å². The highest BCUT2D eigenvalue weighted by Crippen LogP contribution is 2.20. The van der Waals surface area contributed by atoms with Crippen molar-refractivity contribution in [1.29, 1.82) is 0 Å². The van der Waals surface area contributed by atoms with Gasteiger partial charge in [0.15, 0.2) is 0 Å². The van der Waals surface area contributed by atoms with Crippen LogP contribution in [0.1, 0.15) is 23.2 Å². The number of hydrogen-bond donors (Lipinski definition) is 0. The first-order chi connectivity index (χ1) is 9.76. The van der Waals surface area contributed by atoms with Crippen molar-refractivity contribution >= 4 is 17.5 Å². The van der Waals surface area contributed by atoms with Gasteiger partial charge in [-0.2, -0.15) is 0 Å². The second-order valence-electron chi connectivity index (χ2n) is 4.61. The molecule has 5 nitrogen and oxygen atoms in total. The number of ether oxygens (including phenoxy) is 2. The van der Waals surface area contributed by atoms with Crippen molar-refractivity contribution in [3.63, 3.8) is 0 Å². The van der Waals surface area contributed by atoms with Gasteiger partial charge in [-0.1, -0.05) is 0 Å². The number of nitrogens with zero attached hydrogens (tertiary/aromatic N) is 2. The lowest BCUT2D eigenvalue weighted by Crippen LogP contribution is -2.41. The highest BCUT2D eigenvalue weighted by molar-refractivity contribution is 6.17. The molecule has 2 rings (SSSR count). The van der Waals surface area contributed by atoms with E-state index in [-0.39, 0.29) is 12.0 Å². The zero-order valence-electron chi connectivity index (χ0n) is 11.5. The summed E-state index contributed by atoms with van der Waals surface area (Å²) >= 11 is 5.60. The summed E-state index contributed by atoms with van der Waals surface area (Å²) in [6.45, 7) is 1.93. The molecule has 6 heteroatoms. The lowest BCUT2D eigenvalue weighted by atomic mass is 10.1. The highest BCUT2D eigenvalue weighted by atomic mass is 35.5. The van der Waals surface area contributed by atoms with Crippen LogP contribution in [0.25, 0.3) is 0 Å². The Morgan fingerprint density at radius 2 is 2.25 bits per heavy atom. The van der Waals surface area contributed by atoms with Gasteiger partial charge in [-0.25, -0.2) is 4.98 Å². The molecule has 0 saturated carbocycles. The molecule has 1 aromatic rings. The minimum atomic E-state index is -0.0363. The molecule has 1 aliphatic rings. The lowest BCUT2D eigenvalue weighted by Gasteiger charge is -2.32. The van der Waals surface area contributed by atoms with Gasteiger partial charge in [-0.05, 0) is 25.0 Å². The molecule has 20 heavy (non-hydrogen) atoms. The second-order valence-corrected chi connectivity index (χ2v) is 4.99. The minimum Gasteiger partial charge on any atom is -0.480 e. The molecule has 1 aromatic heterocycles. The number of pyridine rings is 1. The maximum atomic E-state index is 12.4. The number of rotatable bonds is 5. The number of aromatic nitrogens is 1. The number of methoxy groups -OCH3 is 1. The van der Waals surface area contributed by atoms with Crippen molar-refractivity contribution in [3.8, 4) is 5.88 Å². The number of halogens is 1. The lowest BCUT2D eigenvalue weighted by molar-refractivity contribution is 0.0153. The third kappa shape index (κ3) is 3.61. The predicted octanol–water partition coefficient (Wildman–Crippen LogP) is 1.95. The molecule has 0 radical (unpaired) electrons. The fraction of sp³-hybridized carbons (Fsp3) is 0.571. The summed E-state index contributed by atoms with van der Waals surface area (Å²) in [6, 6.07) is 3.48. The van der Waals surface area contributed by atoms with E-state index in [0.29, 0.717) is 37.0 Å². The first-order valence-electron chi connectivity index (χ1n) is 6.72. The fourth-order valence-corrected chi connectivity index (χ4v) is 2.41. The maximum Gasteiger partial charge on any atom is 0.259 e. The number of amides is 1. The van der Waals surface area contributed by atoms with Gasteiger partial charge in [0.1, 0.15) is 5.56 Å². The third-order valence-corrected chi connectivity index (χ3v) is 3.51. The summed E-state index contributed by atoms with van der Waals surface area (Å²) < 4.78 is 10.7. The zero-order chi connectivity index (χ0) is 14.4. The van der Waals surface area contributed by atoms with Gasteiger partial charge in [0.05, 0.1) is 19.8 Å². The normalized spacial score (nSPS) is 16.2. The van der Waals surface area contributed by atoms with Gasteiger partial charge in [0, 0.05) is 25.2 Å². The largest absolute Gasteiger partial charge is 0.480 e. The summed E-state index contributed by atoms with van der Waals surface area (Å²) in [5.41, 5.74) is 0.509. The SMILES string of the molecule is COc1ncccc1C(=O)N1CCC(OCCCl)CC1. The Labute approximate surface area is 123 Å². The van der Waals surface area contributed by atoms with E-state index in [2.05, 4.69) is 4.98 Å². The quantitative estimate of drug-likeness (QED) is 0.780. The van der Waals surface area contributed by atoms with Crippen LogP contribution in [0.4, 0.5) is 0 Å². The number of carbonyl (C=O) groups excluding carboxylic acids is 1. The molecule has 110 valence electrons. The van der Waals surface area contributed by atoms with E-state index in [9.17, 15) is 4.79 Å². The van der Waals surface area contributed by atoms with Crippen LogP contribution < -0.4 is 4.74 Å². The van der Waals surface area contributed by atoms with Crippen molar-refractivity contribution in [2.75, 3.05) is 32.7 Å². The molecule has 1 saturated heterocycles. The van der Waals surface area contributed by atoms with Gasteiger partial charge in [0.25, 0.3) is 5.91 Å². The van der Waals surface area contributed by atoms with Crippen LogP contribution in [0.15, 0.2) is 18.3 Å². The third-order valence-electron chi connectivity index (χ3n) is 3.35. The van der Waals surface area contributed by atoms with Gasteiger partial charge in [-0.15, -0.1) is 11.6 Å². The van der Waals surface area contributed by atoms with E-state index in [1.165, 1.54) is 7.11 Å². The maximum absolute atomic E-state index is 12.4. The standard InChI is InChI=1S/C14H19ClN2O3/c1-19-13-12(3-2-7-16-13)14(18)17-8-4-11(5-9-17)20-10-6-15/h2-3,7,11H,4-6,8-10H2,1H3. The van der Waals surface area contributed by atoms with E-state index >= 15 is 0 Å². The molecule has 1 amide bonds. The molecule has 1 aliphatic heterocycles. The van der Waals surface area contributed by atoms with E-state index in [1.54, 1.807) is 18.3 Å². The average molecular weight is 299 g/mol. The molecule has 0 aliphatic carbocycles. The van der Waals surface area contributed by atoms with Crippen molar-refractivity contribution in [2.24, 2.45) is 0 Å². The van der Waals surface area contributed by atoms with Crippen molar-refractivity contribution < 1.29 is 14.3 Å². The predicted molar refractivity (Wildman–Crippen MR) is 76.4 cm³/mol. The van der Waals surface area contributed by atoms with E-state index in [0.717, 1.165) is 12.8 Å². The topological polar surface area (TPSA) is 51.7 Å². The molecular weight excluding hydrogens is 280 g/mol. The summed E-state index contributed by atoms with van der Waals surface area (Å²) in [5, 5.41) is 0. The Bertz CT molecular complexity index is 448. The first kappa shape index (κ1) is 15.1. The fourth-order valence-electron chi connectivity index (χ4n) is 2.32. The first-order valence-corrected chi connectivity index (χ1v) is 7.25. The van der Waals surface area contributed by atoms with E-state index in [1.807, 2.05) is 4.90 Å². The van der Waals surface area contributed by atoms with Crippen LogP contribution in [0.2, 0.25) is 0 Å². The molecule has 1 fully saturated rings. The van der Waals surface area contributed by atoms with E-state index < -0.39 is 0 Å². The Hall–Kier alpha value is -1.33. The van der Waals surface area contributed by atoms with Gasteiger partial charge in [-0.3, -0.25) is 4.79 Å². The Morgan fingerprint density at radius 1 is 1.50 bits per heavy atom. The molecule has 0 aromatic carbocycles. The summed E-state index contributed by atoms with van der Waals surface area (Å²) in [6.07, 6.45) is 3.49. The van der Waals surface area contributed by atoms with Crippen LogP contribution in [-0.4, -0.2) is 54.6 Å². The van der Waals surface area contributed by atoms with Crippen molar-refractivity contribution in [1.82, 2.24) is 9.88 Å². The molecule has 2 heterocycles. The van der Waals surface area contributed by atoms with Crippen molar-refractivity contribution in [3.05, 3.63) is 23.9 Å². The minimum absolute atomic E-state index is 0.0363. The smallest absolute Gasteiger partial charge is 0.259 e. The molecule has 0 unspecified atom stereocenters. The molecule has 0 spiro atoms. The van der Waals surface area contributed by atoms with Crippen LogP contribution in [0.3, 0.4) is 0 Å². The highest BCUT2D eigenvalue weighted by Gasteiger charge is 2.25. The number of hydrogen-bond acceptors (Lipinski definition) is 4. The zero-order valence-corrected chi connectivity index (χ0v) is 12.3. The van der Waals surface area contributed by atoms with Crippen LogP contribution in [0, 0.1) is 0 Å². The Balaban J connectivity index is 1.94. The summed E-state index contributed by atoms with van der Waals surface area (Å²) in [5.74, 6) is 0.843. The van der Waals surface area contributed by atoms with Crippen LogP contribution in [-0.2, 0) is 4.74 Å². The molecular formula is C14H19ClN2O3. The molecule has 0 N–H and O–H groups in total. The van der Waals surface area contributed by atoms with Gasteiger partial charge < -0.3 is 14.4 Å². The monoisotopic (exact) mass is 298 g/mol. The van der Waals surface area contributed by atoms with Crippen LogP contribution >= 0.6 is 11.6 Å². The number of alkyl halides is 1. The Morgan fingerprint density at radius 3 is 2.90 bits per heavy atom. The summed E-state index contributed by atoms with van der Waals surface area (Å²) in [4.78, 5) is 18.3. The molecule has 0 bridgehead atoms. The molecule has 0 atom stereocenters. The van der Waals surface area contributed by atoms with Crippen molar-refractivity contribution in [2.45, 2.75) is 18.9 Å². The van der Waals surface area contributed by atoms with Gasteiger partial charge >= 0.3 is 0 Å². The Kier molecular flexibility index (Phi) is 5.61. The summed E-state index contributed by atoms with van der Waals surface area (Å²) in [7, 11) is 1.52. The van der Waals surface area contributed by atoms with Crippen LogP contribution in [0.5, 0.6) is 5.88 Å². The average Bonchev–Trinajstić information content (AvgIpc) is 2.52. The number of piperidine rings is 1. The number of likely N-dealkylation sites (tertiary alicyclic amines) is 1. The second kappa shape index (κ2) is 7.45.